The lowest BCUT2D eigenvalue weighted by atomic mass is 10.2. The van der Waals surface area contributed by atoms with Crippen LogP contribution in [-0.4, -0.2) is 68.7 Å². The van der Waals surface area contributed by atoms with E-state index in [1.54, 1.807) is 33.5 Å². The Morgan fingerprint density at radius 1 is 0.828 bits per heavy atom. The van der Waals surface area contributed by atoms with Gasteiger partial charge in [-0.3, -0.25) is 9.59 Å². The minimum absolute atomic E-state index is 0.00747. The maximum absolute atomic E-state index is 12.8. The van der Waals surface area contributed by atoms with E-state index in [9.17, 15) is 18.0 Å². The molecule has 2 amide bonds. The molecule has 0 unspecified atom stereocenters. The normalized spacial score (nSPS) is 18.3. The Labute approximate surface area is 172 Å². The smallest absolute Gasteiger partial charge is 0.243 e. The largest absolute Gasteiger partial charge is 0.376 e. The summed E-state index contributed by atoms with van der Waals surface area (Å²) in [5.74, 6) is -0.335. The summed E-state index contributed by atoms with van der Waals surface area (Å²) in [4.78, 5) is 25.9. The highest BCUT2D eigenvalue weighted by molar-refractivity contribution is 7.89. The molecule has 9 heteroatoms. The lowest BCUT2D eigenvalue weighted by molar-refractivity contribution is -0.131. The summed E-state index contributed by atoms with van der Waals surface area (Å²) < 4.78 is 27.1. The van der Waals surface area contributed by atoms with E-state index >= 15 is 0 Å². The fourth-order valence-corrected chi connectivity index (χ4v) is 5.19. The number of anilines is 1. The number of carbonyl (C=O) groups is 2. The van der Waals surface area contributed by atoms with Crippen LogP contribution >= 0.6 is 0 Å². The molecule has 0 radical (unpaired) electrons. The van der Waals surface area contributed by atoms with Gasteiger partial charge in [0, 0.05) is 31.9 Å². The van der Waals surface area contributed by atoms with Gasteiger partial charge in [-0.05, 0) is 49.9 Å². The monoisotopic (exact) mass is 422 g/mol. The molecular formula is C20H30N4O4S. The highest BCUT2D eigenvalue weighted by Crippen LogP contribution is 2.21. The number of likely N-dealkylation sites (tertiary alicyclic amines) is 1. The van der Waals surface area contributed by atoms with Gasteiger partial charge < -0.3 is 15.5 Å². The van der Waals surface area contributed by atoms with Gasteiger partial charge in [-0.15, -0.1) is 0 Å². The van der Waals surface area contributed by atoms with Gasteiger partial charge in [0.2, 0.25) is 21.8 Å². The SMILES string of the molecule is O=C(CNc1ccc(S(=O)(=O)N2CCCCCC2)cc1)NCC(=O)N1CCCC1. The van der Waals surface area contributed by atoms with Crippen molar-refractivity contribution in [2.24, 2.45) is 0 Å². The van der Waals surface area contributed by atoms with Gasteiger partial charge in [-0.2, -0.15) is 4.31 Å². The van der Waals surface area contributed by atoms with Crippen molar-refractivity contribution < 1.29 is 18.0 Å². The molecule has 1 aromatic rings. The molecule has 2 aliphatic rings. The molecule has 2 aliphatic heterocycles. The molecule has 29 heavy (non-hydrogen) atoms. The van der Waals surface area contributed by atoms with E-state index in [4.69, 9.17) is 0 Å². The number of amides is 2. The first-order chi connectivity index (χ1) is 14.0. The summed E-state index contributed by atoms with van der Waals surface area (Å²) >= 11 is 0. The summed E-state index contributed by atoms with van der Waals surface area (Å²) in [5, 5.41) is 5.58. The Morgan fingerprint density at radius 3 is 2.03 bits per heavy atom. The average molecular weight is 423 g/mol. The molecular weight excluding hydrogens is 392 g/mol. The van der Waals surface area contributed by atoms with Gasteiger partial charge >= 0.3 is 0 Å². The lowest BCUT2D eigenvalue weighted by Gasteiger charge is -2.20. The Kier molecular flexibility index (Phi) is 7.49. The first-order valence-corrected chi connectivity index (χ1v) is 11.8. The van der Waals surface area contributed by atoms with E-state index in [1.807, 2.05) is 0 Å². The van der Waals surface area contributed by atoms with Crippen LogP contribution in [0.15, 0.2) is 29.2 Å². The van der Waals surface area contributed by atoms with Gasteiger partial charge in [0.25, 0.3) is 0 Å². The summed E-state index contributed by atoms with van der Waals surface area (Å²) in [7, 11) is -3.48. The number of benzene rings is 1. The van der Waals surface area contributed by atoms with Crippen molar-refractivity contribution in [2.75, 3.05) is 44.6 Å². The van der Waals surface area contributed by atoms with Crippen LogP contribution < -0.4 is 10.6 Å². The quantitative estimate of drug-likeness (QED) is 0.692. The predicted octanol–water partition coefficient (Wildman–Crippen LogP) is 1.40. The van der Waals surface area contributed by atoms with Crippen molar-refractivity contribution in [1.29, 1.82) is 0 Å². The summed E-state index contributed by atoms with van der Waals surface area (Å²) in [6.07, 6.45) is 5.97. The molecule has 2 fully saturated rings. The van der Waals surface area contributed by atoms with E-state index in [1.165, 1.54) is 0 Å². The zero-order valence-corrected chi connectivity index (χ0v) is 17.5. The zero-order chi connectivity index (χ0) is 20.7. The van der Waals surface area contributed by atoms with E-state index in [2.05, 4.69) is 10.6 Å². The van der Waals surface area contributed by atoms with Gasteiger partial charge in [-0.1, -0.05) is 12.8 Å². The van der Waals surface area contributed by atoms with Crippen molar-refractivity contribution in [3.63, 3.8) is 0 Å². The third-order valence-electron chi connectivity index (χ3n) is 5.41. The van der Waals surface area contributed by atoms with Gasteiger partial charge in [-0.25, -0.2) is 8.42 Å². The highest BCUT2D eigenvalue weighted by atomic mass is 32.2. The molecule has 2 N–H and O–H groups in total. The molecule has 0 atom stereocenters. The van der Waals surface area contributed by atoms with Crippen molar-refractivity contribution >= 4 is 27.5 Å². The minimum Gasteiger partial charge on any atom is -0.376 e. The first-order valence-electron chi connectivity index (χ1n) is 10.4. The first kappa shape index (κ1) is 21.6. The Balaban J connectivity index is 1.47. The highest BCUT2D eigenvalue weighted by Gasteiger charge is 2.25. The topological polar surface area (TPSA) is 98.8 Å². The summed E-state index contributed by atoms with van der Waals surface area (Å²) in [5.41, 5.74) is 0.654. The number of carbonyl (C=O) groups excluding carboxylic acids is 2. The number of nitrogens with one attached hydrogen (secondary N) is 2. The molecule has 2 heterocycles. The summed E-state index contributed by atoms with van der Waals surface area (Å²) in [6.45, 7) is 2.69. The number of rotatable bonds is 7. The van der Waals surface area contributed by atoms with Crippen LogP contribution in [0.5, 0.6) is 0 Å². The Hall–Kier alpha value is -2.13. The van der Waals surface area contributed by atoms with Crippen LogP contribution in [0.25, 0.3) is 0 Å². The molecule has 0 bridgehead atoms. The van der Waals surface area contributed by atoms with Gasteiger partial charge in [0.05, 0.1) is 18.0 Å². The van der Waals surface area contributed by atoms with Crippen molar-refractivity contribution in [1.82, 2.24) is 14.5 Å². The molecule has 160 valence electrons. The number of nitrogens with zero attached hydrogens (tertiary/aromatic N) is 2. The van der Waals surface area contributed by atoms with Crippen LogP contribution in [0, 0.1) is 0 Å². The second-order valence-corrected chi connectivity index (χ2v) is 9.50. The van der Waals surface area contributed by atoms with Gasteiger partial charge in [0.15, 0.2) is 0 Å². The second-order valence-electron chi connectivity index (χ2n) is 7.56. The second kappa shape index (κ2) is 10.1. The van der Waals surface area contributed by atoms with Crippen molar-refractivity contribution in [2.45, 2.75) is 43.4 Å². The van der Waals surface area contributed by atoms with Crippen molar-refractivity contribution in [3.05, 3.63) is 24.3 Å². The maximum Gasteiger partial charge on any atom is 0.243 e. The van der Waals surface area contributed by atoms with Gasteiger partial charge in [0.1, 0.15) is 0 Å². The molecule has 0 spiro atoms. The standard InChI is InChI=1S/C20H30N4O4S/c25-19(22-16-20(26)23-11-5-6-12-23)15-21-17-7-9-18(10-8-17)29(27,28)24-13-3-1-2-4-14-24/h7-10,21H,1-6,11-16H2,(H,22,25). The van der Waals surface area contributed by atoms with E-state index < -0.39 is 10.0 Å². The summed E-state index contributed by atoms with van der Waals surface area (Å²) in [6, 6.07) is 6.45. The number of hydrogen-bond acceptors (Lipinski definition) is 5. The predicted molar refractivity (Wildman–Crippen MR) is 111 cm³/mol. The van der Waals surface area contributed by atoms with Crippen LogP contribution in [-0.2, 0) is 19.6 Å². The van der Waals surface area contributed by atoms with Crippen LogP contribution in [0.1, 0.15) is 38.5 Å². The molecule has 0 saturated carbocycles. The fraction of sp³-hybridized carbons (Fsp3) is 0.600. The molecule has 2 saturated heterocycles. The van der Waals surface area contributed by atoms with Crippen molar-refractivity contribution in [3.8, 4) is 0 Å². The zero-order valence-electron chi connectivity index (χ0n) is 16.7. The minimum atomic E-state index is -3.48. The molecule has 0 aromatic heterocycles. The molecule has 1 aromatic carbocycles. The molecule has 8 nitrogen and oxygen atoms in total. The Bertz CT molecular complexity index is 796. The van der Waals surface area contributed by atoms with E-state index in [0.29, 0.717) is 18.8 Å². The average Bonchev–Trinajstić information content (AvgIpc) is 3.12. The maximum atomic E-state index is 12.8. The Morgan fingerprint density at radius 2 is 1.41 bits per heavy atom. The van der Waals surface area contributed by atoms with E-state index in [0.717, 1.165) is 51.6 Å². The van der Waals surface area contributed by atoms with E-state index in [-0.39, 0.29) is 29.8 Å². The van der Waals surface area contributed by atoms with Crippen LogP contribution in [0.2, 0.25) is 0 Å². The third kappa shape index (κ3) is 5.93. The fourth-order valence-electron chi connectivity index (χ4n) is 3.67. The van der Waals surface area contributed by atoms with Crippen LogP contribution in [0.4, 0.5) is 5.69 Å². The molecule has 3 rings (SSSR count). The molecule has 0 aliphatic carbocycles. The van der Waals surface area contributed by atoms with Crippen LogP contribution in [0.3, 0.4) is 0 Å². The number of sulfonamides is 1. The number of hydrogen-bond donors (Lipinski definition) is 2. The third-order valence-corrected chi connectivity index (χ3v) is 7.32. The lowest BCUT2D eigenvalue weighted by Crippen LogP contribution is -2.40.